The van der Waals surface area contributed by atoms with Gasteiger partial charge in [-0.25, -0.2) is 4.79 Å². The Bertz CT molecular complexity index is 757. The highest BCUT2D eigenvalue weighted by Crippen LogP contribution is 2.51. The standard InChI is InChI=1S/C17H20N2O5/c1-10-13(15(21)24-9-8-19(2)3)16(22)14(20)11-6-4-5-7-12(11)17(16,23)18-10/h4-7,18,22-23H,8-9H2,1-3H3. The number of rotatable bonds is 4. The van der Waals surface area contributed by atoms with Crippen molar-refractivity contribution in [1.82, 2.24) is 10.2 Å². The molecule has 1 aromatic rings. The van der Waals surface area contributed by atoms with Crippen molar-refractivity contribution in [2.24, 2.45) is 0 Å². The highest BCUT2D eigenvalue weighted by Gasteiger charge is 2.70. The second kappa shape index (κ2) is 5.41. The van der Waals surface area contributed by atoms with Gasteiger partial charge >= 0.3 is 5.97 Å². The summed E-state index contributed by atoms with van der Waals surface area (Å²) in [5, 5.41) is 24.7. The summed E-state index contributed by atoms with van der Waals surface area (Å²) in [7, 11) is 3.66. The highest BCUT2D eigenvalue weighted by molar-refractivity contribution is 6.16. The van der Waals surface area contributed by atoms with E-state index in [1.807, 2.05) is 19.0 Å². The van der Waals surface area contributed by atoms with Crippen LogP contribution in [0.15, 0.2) is 35.5 Å². The molecule has 1 aliphatic heterocycles. The number of likely N-dealkylation sites (N-methyl/N-ethyl adjacent to an activating group) is 1. The van der Waals surface area contributed by atoms with Gasteiger partial charge in [-0.3, -0.25) is 4.79 Å². The molecule has 2 atom stereocenters. The number of nitrogens with one attached hydrogen (secondary N) is 1. The summed E-state index contributed by atoms with van der Waals surface area (Å²) >= 11 is 0. The molecule has 0 saturated carbocycles. The molecule has 0 radical (unpaired) electrons. The number of ketones is 1. The van der Waals surface area contributed by atoms with Gasteiger partial charge in [0, 0.05) is 23.4 Å². The SMILES string of the molecule is CC1=C(C(=O)OCCN(C)C)C2(O)C(=O)c3ccccc3C2(O)N1. The van der Waals surface area contributed by atoms with Crippen molar-refractivity contribution in [1.29, 1.82) is 0 Å². The molecule has 0 spiro atoms. The summed E-state index contributed by atoms with van der Waals surface area (Å²) in [6, 6.07) is 6.35. The van der Waals surface area contributed by atoms with Gasteiger partial charge in [-0.05, 0) is 21.0 Å². The van der Waals surface area contributed by atoms with Crippen LogP contribution in [0.25, 0.3) is 0 Å². The van der Waals surface area contributed by atoms with Crippen molar-refractivity contribution < 1.29 is 24.5 Å². The van der Waals surface area contributed by atoms with Crippen molar-refractivity contribution >= 4 is 11.8 Å². The topological polar surface area (TPSA) is 99.1 Å². The lowest BCUT2D eigenvalue weighted by Crippen LogP contribution is -2.56. The molecule has 0 bridgehead atoms. The van der Waals surface area contributed by atoms with Crippen molar-refractivity contribution in [3.8, 4) is 0 Å². The first-order chi connectivity index (χ1) is 11.2. The van der Waals surface area contributed by atoms with Crippen LogP contribution in [0.1, 0.15) is 22.8 Å². The third-order valence-electron chi connectivity index (χ3n) is 4.49. The summed E-state index contributed by atoms with van der Waals surface area (Å²) in [5.74, 6) is -1.54. The van der Waals surface area contributed by atoms with E-state index in [0.29, 0.717) is 6.54 Å². The summed E-state index contributed by atoms with van der Waals surface area (Å²) in [5.41, 5.74) is -4.06. The van der Waals surface area contributed by atoms with Gasteiger partial charge in [-0.2, -0.15) is 0 Å². The predicted molar refractivity (Wildman–Crippen MR) is 85.0 cm³/mol. The summed E-state index contributed by atoms with van der Waals surface area (Å²) in [6.07, 6.45) is 0. The van der Waals surface area contributed by atoms with Crippen LogP contribution in [0.5, 0.6) is 0 Å². The molecular weight excluding hydrogens is 312 g/mol. The number of hydrogen-bond acceptors (Lipinski definition) is 7. The number of hydrogen-bond donors (Lipinski definition) is 3. The lowest BCUT2D eigenvalue weighted by Gasteiger charge is -2.31. The molecule has 0 amide bonds. The Morgan fingerprint density at radius 1 is 1.29 bits per heavy atom. The van der Waals surface area contributed by atoms with E-state index in [1.165, 1.54) is 13.0 Å². The van der Waals surface area contributed by atoms with Crippen molar-refractivity contribution in [2.45, 2.75) is 18.2 Å². The Labute approximate surface area is 139 Å². The minimum absolute atomic E-state index is 0.109. The number of esters is 1. The number of nitrogens with zero attached hydrogens (tertiary/aromatic N) is 1. The molecular formula is C17H20N2O5. The number of carbonyl (C=O) groups is 2. The molecule has 3 N–H and O–H groups in total. The Balaban J connectivity index is 1.98. The molecule has 7 nitrogen and oxygen atoms in total. The molecule has 0 saturated heterocycles. The first-order valence-electron chi connectivity index (χ1n) is 7.64. The summed E-state index contributed by atoms with van der Waals surface area (Å²) < 4.78 is 5.17. The number of benzene rings is 1. The minimum Gasteiger partial charge on any atom is -0.461 e. The fourth-order valence-corrected chi connectivity index (χ4v) is 3.30. The van der Waals surface area contributed by atoms with E-state index in [1.54, 1.807) is 18.2 Å². The monoisotopic (exact) mass is 332 g/mol. The Morgan fingerprint density at radius 3 is 2.62 bits per heavy atom. The van der Waals surface area contributed by atoms with Gasteiger partial charge in [-0.1, -0.05) is 24.3 Å². The Kier molecular flexibility index (Phi) is 3.75. The zero-order valence-electron chi connectivity index (χ0n) is 13.8. The van der Waals surface area contributed by atoms with Crippen molar-refractivity contribution in [3.63, 3.8) is 0 Å². The van der Waals surface area contributed by atoms with Crippen molar-refractivity contribution in [3.05, 3.63) is 46.7 Å². The first kappa shape index (κ1) is 16.6. The van der Waals surface area contributed by atoms with Crippen LogP contribution in [-0.2, 0) is 15.3 Å². The van der Waals surface area contributed by atoms with Gasteiger partial charge in [0.2, 0.25) is 17.1 Å². The Hall–Kier alpha value is -2.22. The van der Waals surface area contributed by atoms with Gasteiger partial charge in [0.05, 0.1) is 0 Å². The van der Waals surface area contributed by atoms with E-state index in [4.69, 9.17) is 4.74 Å². The Morgan fingerprint density at radius 2 is 1.96 bits per heavy atom. The van der Waals surface area contributed by atoms with Gasteiger partial charge in [0.15, 0.2) is 0 Å². The summed E-state index contributed by atoms with van der Waals surface area (Å²) in [4.78, 5) is 27.0. The molecule has 1 aliphatic carbocycles. The van der Waals surface area contributed by atoms with Crippen LogP contribution in [0.2, 0.25) is 0 Å². The molecule has 7 heteroatoms. The quantitative estimate of drug-likeness (QED) is 0.653. The summed E-state index contributed by atoms with van der Waals surface area (Å²) in [6.45, 7) is 2.13. The number of allylic oxidation sites excluding steroid dienone is 1. The van der Waals surface area contributed by atoms with E-state index in [9.17, 15) is 19.8 Å². The third-order valence-corrected chi connectivity index (χ3v) is 4.49. The van der Waals surface area contributed by atoms with Crippen LogP contribution in [-0.4, -0.2) is 59.7 Å². The van der Waals surface area contributed by atoms with E-state index < -0.39 is 23.1 Å². The zero-order chi connectivity index (χ0) is 17.7. The highest BCUT2D eigenvalue weighted by atomic mass is 16.5. The van der Waals surface area contributed by atoms with E-state index in [0.717, 1.165) is 0 Å². The molecule has 24 heavy (non-hydrogen) atoms. The van der Waals surface area contributed by atoms with Gasteiger partial charge in [-0.15, -0.1) is 0 Å². The molecule has 1 heterocycles. The number of ether oxygens (including phenoxy) is 1. The van der Waals surface area contributed by atoms with E-state index in [-0.39, 0.29) is 29.0 Å². The molecule has 2 aliphatic rings. The molecule has 0 aromatic heterocycles. The lowest BCUT2D eigenvalue weighted by atomic mass is 9.85. The van der Waals surface area contributed by atoms with Crippen LogP contribution in [0.4, 0.5) is 0 Å². The molecule has 3 rings (SSSR count). The minimum atomic E-state index is -2.39. The second-order valence-electron chi connectivity index (χ2n) is 6.36. The molecule has 128 valence electrons. The third kappa shape index (κ3) is 2.02. The zero-order valence-corrected chi connectivity index (χ0v) is 13.8. The average molecular weight is 332 g/mol. The predicted octanol–water partition coefficient (Wildman–Crippen LogP) is -0.259. The molecule has 2 unspecified atom stereocenters. The number of Topliss-reactive ketones (excluding diaryl/α,β-unsaturated/α-hetero) is 1. The average Bonchev–Trinajstić information content (AvgIpc) is 2.82. The fourth-order valence-electron chi connectivity index (χ4n) is 3.30. The van der Waals surface area contributed by atoms with E-state index in [2.05, 4.69) is 5.32 Å². The molecule has 1 aromatic carbocycles. The van der Waals surface area contributed by atoms with Gasteiger partial charge in [0.25, 0.3) is 0 Å². The van der Waals surface area contributed by atoms with Crippen LogP contribution >= 0.6 is 0 Å². The number of carbonyl (C=O) groups excluding carboxylic acids is 2. The fraction of sp³-hybridized carbons (Fsp3) is 0.412. The van der Waals surface area contributed by atoms with Gasteiger partial charge in [0.1, 0.15) is 12.2 Å². The lowest BCUT2D eigenvalue weighted by molar-refractivity contribution is -0.147. The largest absolute Gasteiger partial charge is 0.461 e. The van der Waals surface area contributed by atoms with Crippen LogP contribution in [0, 0.1) is 0 Å². The number of fused-ring (bicyclic) bond motifs is 3. The van der Waals surface area contributed by atoms with Crippen molar-refractivity contribution in [2.75, 3.05) is 27.2 Å². The van der Waals surface area contributed by atoms with E-state index >= 15 is 0 Å². The maximum atomic E-state index is 12.7. The second-order valence-corrected chi connectivity index (χ2v) is 6.36. The van der Waals surface area contributed by atoms with Crippen LogP contribution < -0.4 is 5.32 Å². The van der Waals surface area contributed by atoms with Gasteiger partial charge < -0.3 is 25.2 Å². The maximum Gasteiger partial charge on any atom is 0.339 e. The normalized spacial score (nSPS) is 28.0. The smallest absolute Gasteiger partial charge is 0.339 e. The number of aliphatic hydroxyl groups is 2. The maximum absolute atomic E-state index is 12.7. The first-order valence-corrected chi connectivity index (χ1v) is 7.64. The molecule has 0 fully saturated rings. The van der Waals surface area contributed by atoms with Crippen LogP contribution in [0.3, 0.4) is 0 Å².